The third kappa shape index (κ3) is 4.02. The van der Waals surface area contributed by atoms with Crippen molar-refractivity contribution < 1.29 is 36.2 Å². The van der Waals surface area contributed by atoms with Crippen molar-refractivity contribution in [2.24, 2.45) is 0 Å². The smallest absolute Gasteiger partial charge is 0.464 e. The number of alkyl halides is 6. The lowest BCUT2D eigenvalue weighted by atomic mass is 10.1. The Balaban J connectivity index is 3.45. The fraction of sp³-hybridized carbons (Fsp3) is 0.400. The third-order valence-electron chi connectivity index (χ3n) is 2.06. The van der Waals surface area contributed by atoms with E-state index in [0.717, 1.165) is 7.11 Å². The van der Waals surface area contributed by atoms with Gasteiger partial charge in [0.15, 0.2) is 5.69 Å². The van der Waals surface area contributed by atoms with Gasteiger partial charge in [0.05, 0.1) is 18.4 Å². The van der Waals surface area contributed by atoms with Gasteiger partial charge in [-0.15, -0.1) is 13.2 Å². The Hall–Kier alpha value is -1.45. The van der Waals surface area contributed by atoms with Gasteiger partial charge >= 0.3 is 12.3 Å². The summed E-state index contributed by atoms with van der Waals surface area (Å²) in [4.78, 5) is 14.8. The highest BCUT2D eigenvalue weighted by Crippen LogP contribution is 2.36. The van der Waals surface area contributed by atoms with Crippen LogP contribution in [0.3, 0.4) is 0 Å². The van der Waals surface area contributed by atoms with Gasteiger partial charge in [-0.1, -0.05) is 15.9 Å². The maximum Gasteiger partial charge on any atom is 0.573 e. The summed E-state index contributed by atoms with van der Waals surface area (Å²) in [6, 6.07) is 0.465. The number of pyridine rings is 1. The van der Waals surface area contributed by atoms with Crippen molar-refractivity contribution in [3.63, 3.8) is 0 Å². The van der Waals surface area contributed by atoms with Crippen LogP contribution < -0.4 is 4.74 Å². The first-order valence-electron chi connectivity index (χ1n) is 4.91. The predicted molar refractivity (Wildman–Crippen MR) is 59.8 cm³/mol. The van der Waals surface area contributed by atoms with E-state index in [1.54, 1.807) is 0 Å². The van der Waals surface area contributed by atoms with Crippen molar-refractivity contribution in [3.05, 3.63) is 23.0 Å². The van der Waals surface area contributed by atoms with E-state index in [0.29, 0.717) is 6.07 Å². The summed E-state index contributed by atoms with van der Waals surface area (Å²) < 4.78 is 70.1. The highest BCUT2D eigenvalue weighted by atomic mass is 79.9. The molecule has 0 spiro atoms. The van der Waals surface area contributed by atoms with Crippen LogP contribution in [0, 0.1) is 0 Å². The Kier molecular flexibility index (Phi) is 5.26. The molecule has 0 radical (unpaired) electrons. The first-order valence-corrected chi connectivity index (χ1v) is 6.03. The number of esters is 1. The molecule has 0 aliphatic rings. The molecular formula is C10H7BrF5NO3. The van der Waals surface area contributed by atoms with Crippen LogP contribution in [0.25, 0.3) is 0 Å². The van der Waals surface area contributed by atoms with E-state index in [2.05, 4.69) is 30.4 Å². The molecule has 10 heteroatoms. The number of nitrogens with zero attached hydrogens (tertiary/aromatic N) is 1. The molecule has 0 aromatic carbocycles. The number of aromatic nitrogens is 1. The van der Waals surface area contributed by atoms with E-state index in [4.69, 9.17) is 0 Å². The molecule has 0 saturated heterocycles. The molecule has 0 unspecified atom stereocenters. The highest BCUT2D eigenvalue weighted by molar-refractivity contribution is 9.08. The number of halogens is 6. The molecule has 0 bridgehead atoms. The van der Waals surface area contributed by atoms with Crippen molar-refractivity contribution >= 4 is 21.9 Å². The van der Waals surface area contributed by atoms with Crippen LogP contribution in [0.2, 0.25) is 0 Å². The van der Waals surface area contributed by atoms with Gasteiger partial charge in [0.1, 0.15) is 5.75 Å². The van der Waals surface area contributed by atoms with Gasteiger partial charge in [0.2, 0.25) is 0 Å². The van der Waals surface area contributed by atoms with Crippen LogP contribution in [-0.2, 0) is 10.1 Å². The Labute approximate surface area is 118 Å². The fourth-order valence-corrected chi connectivity index (χ4v) is 1.76. The highest BCUT2D eigenvalue weighted by Gasteiger charge is 2.35. The molecule has 0 atom stereocenters. The average Bonchev–Trinajstić information content (AvgIpc) is 2.34. The molecule has 1 aromatic heterocycles. The predicted octanol–water partition coefficient (Wildman–Crippen LogP) is 3.60. The van der Waals surface area contributed by atoms with Crippen LogP contribution in [-0.4, -0.2) is 24.4 Å². The van der Waals surface area contributed by atoms with Crippen molar-refractivity contribution in [1.29, 1.82) is 0 Å². The molecule has 112 valence electrons. The lowest BCUT2D eigenvalue weighted by Crippen LogP contribution is -2.20. The summed E-state index contributed by atoms with van der Waals surface area (Å²) in [6.07, 6.45) is -8.43. The molecule has 1 rings (SSSR count). The second kappa shape index (κ2) is 6.33. The van der Waals surface area contributed by atoms with Crippen molar-refractivity contribution in [3.8, 4) is 5.75 Å². The first-order chi connectivity index (χ1) is 9.19. The lowest BCUT2D eigenvalue weighted by molar-refractivity contribution is -0.275. The number of ether oxygens (including phenoxy) is 2. The van der Waals surface area contributed by atoms with Crippen molar-refractivity contribution in [2.75, 3.05) is 7.11 Å². The fourth-order valence-electron chi connectivity index (χ4n) is 1.34. The zero-order chi connectivity index (χ0) is 15.5. The monoisotopic (exact) mass is 363 g/mol. The molecule has 0 aliphatic heterocycles. The summed E-state index contributed by atoms with van der Waals surface area (Å²) in [5, 5.41) is -0.286. The van der Waals surface area contributed by atoms with Gasteiger partial charge in [-0.2, -0.15) is 0 Å². The van der Waals surface area contributed by atoms with Crippen LogP contribution >= 0.6 is 15.9 Å². The van der Waals surface area contributed by atoms with E-state index < -0.39 is 41.5 Å². The van der Waals surface area contributed by atoms with Crippen molar-refractivity contribution in [2.45, 2.75) is 18.1 Å². The molecule has 4 nitrogen and oxygen atoms in total. The molecule has 0 N–H and O–H groups in total. The normalized spacial score (nSPS) is 11.6. The van der Waals surface area contributed by atoms with Gasteiger partial charge in [-0.3, -0.25) is 0 Å². The first kappa shape index (κ1) is 16.6. The quantitative estimate of drug-likeness (QED) is 0.466. The van der Waals surface area contributed by atoms with Crippen LogP contribution in [0.4, 0.5) is 22.0 Å². The number of hydrogen-bond acceptors (Lipinski definition) is 4. The summed E-state index contributed by atoms with van der Waals surface area (Å²) in [6.45, 7) is 0. The van der Waals surface area contributed by atoms with Crippen molar-refractivity contribution in [1.82, 2.24) is 4.98 Å². The number of hydrogen-bond donors (Lipinski definition) is 0. The minimum absolute atomic E-state index is 0.286. The number of methoxy groups -OCH3 is 1. The van der Waals surface area contributed by atoms with E-state index >= 15 is 0 Å². The molecule has 0 amide bonds. The molecular weight excluding hydrogens is 357 g/mol. The summed E-state index contributed by atoms with van der Waals surface area (Å²) in [5.74, 6) is -2.25. The number of carbonyl (C=O) groups excluding carboxylic acids is 1. The van der Waals surface area contributed by atoms with E-state index in [-0.39, 0.29) is 5.33 Å². The minimum Gasteiger partial charge on any atom is -0.464 e. The van der Waals surface area contributed by atoms with Gasteiger partial charge in [0, 0.05) is 11.4 Å². The lowest BCUT2D eigenvalue weighted by Gasteiger charge is -2.16. The van der Waals surface area contributed by atoms with Gasteiger partial charge in [0.25, 0.3) is 6.43 Å². The zero-order valence-corrected chi connectivity index (χ0v) is 11.4. The van der Waals surface area contributed by atoms with E-state index in [1.165, 1.54) is 0 Å². The Morgan fingerprint density at radius 2 is 2.05 bits per heavy atom. The minimum atomic E-state index is -5.18. The Morgan fingerprint density at radius 3 is 2.45 bits per heavy atom. The van der Waals surface area contributed by atoms with E-state index in [9.17, 15) is 26.7 Å². The van der Waals surface area contributed by atoms with E-state index in [1.807, 2.05) is 0 Å². The molecule has 1 heterocycles. The van der Waals surface area contributed by atoms with Crippen LogP contribution in [0.1, 0.15) is 28.2 Å². The number of rotatable bonds is 4. The summed E-state index contributed by atoms with van der Waals surface area (Å²) in [5.41, 5.74) is -2.04. The van der Waals surface area contributed by atoms with Crippen LogP contribution in [0.15, 0.2) is 6.07 Å². The molecule has 0 fully saturated rings. The second-order valence-corrected chi connectivity index (χ2v) is 3.90. The second-order valence-electron chi connectivity index (χ2n) is 3.34. The summed E-state index contributed by atoms with van der Waals surface area (Å²) in [7, 11) is 0.975. The Bertz CT molecular complexity index is 506. The molecule has 1 aromatic rings. The third-order valence-corrected chi connectivity index (χ3v) is 2.60. The van der Waals surface area contributed by atoms with Gasteiger partial charge in [-0.25, -0.2) is 18.6 Å². The average molecular weight is 364 g/mol. The standard InChI is InChI=1S/C10H7BrF5NO3/c1-19-9(18)4-2-6(20-10(14,15)16)7(8(12)13)5(3-11)17-4/h2,8H,3H2,1H3. The SMILES string of the molecule is COC(=O)c1cc(OC(F)(F)F)c(C(F)F)c(CBr)n1. The topological polar surface area (TPSA) is 48.4 Å². The largest absolute Gasteiger partial charge is 0.573 e. The van der Waals surface area contributed by atoms with Crippen LogP contribution in [0.5, 0.6) is 5.75 Å². The zero-order valence-electron chi connectivity index (χ0n) is 9.80. The number of carbonyl (C=O) groups is 1. The maximum atomic E-state index is 12.8. The van der Waals surface area contributed by atoms with Gasteiger partial charge < -0.3 is 9.47 Å². The maximum absolute atomic E-state index is 12.8. The Morgan fingerprint density at radius 1 is 1.45 bits per heavy atom. The van der Waals surface area contributed by atoms with Gasteiger partial charge in [-0.05, 0) is 0 Å². The summed E-state index contributed by atoms with van der Waals surface area (Å²) >= 11 is 2.81. The molecule has 0 saturated carbocycles. The molecule has 0 aliphatic carbocycles. The molecule has 20 heavy (non-hydrogen) atoms.